The predicted octanol–water partition coefficient (Wildman–Crippen LogP) is 1.25. The maximum atomic E-state index is 8.76. The van der Waals surface area contributed by atoms with Gasteiger partial charge in [-0.15, -0.1) is 5.10 Å². The molecular formula is C11H13N3O. The normalized spacial score (nSPS) is 10.5. The van der Waals surface area contributed by atoms with Gasteiger partial charge in [0, 0.05) is 5.56 Å². The zero-order valence-electron chi connectivity index (χ0n) is 8.59. The summed E-state index contributed by atoms with van der Waals surface area (Å²) >= 11 is 0. The van der Waals surface area contributed by atoms with Crippen molar-refractivity contribution >= 4 is 0 Å². The van der Waals surface area contributed by atoms with Crippen molar-refractivity contribution in [2.75, 3.05) is 6.61 Å². The summed E-state index contributed by atoms with van der Waals surface area (Å²) in [5.74, 6) is 0. The Balaban J connectivity index is 2.29. The zero-order chi connectivity index (χ0) is 10.7. The molecule has 1 aromatic carbocycles. The summed E-state index contributed by atoms with van der Waals surface area (Å²) in [5, 5.41) is 16.7. The number of rotatable bonds is 3. The fraction of sp³-hybridized carbons (Fsp3) is 0.273. The average Bonchev–Trinajstić information content (AvgIpc) is 2.67. The molecule has 0 fully saturated rings. The molecule has 15 heavy (non-hydrogen) atoms. The summed E-state index contributed by atoms with van der Waals surface area (Å²) in [5.41, 5.74) is 3.09. The Labute approximate surface area is 88.2 Å². The minimum atomic E-state index is 0.0800. The number of aliphatic hydroxyl groups is 1. The first kappa shape index (κ1) is 9.86. The molecule has 2 rings (SSSR count). The quantitative estimate of drug-likeness (QED) is 0.816. The van der Waals surface area contributed by atoms with E-state index in [1.54, 1.807) is 4.68 Å². The summed E-state index contributed by atoms with van der Waals surface area (Å²) < 4.78 is 1.64. The van der Waals surface area contributed by atoms with Crippen LogP contribution >= 0.6 is 0 Å². The van der Waals surface area contributed by atoms with Gasteiger partial charge >= 0.3 is 0 Å². The highest BCUT2D eigenvalue weighted by atomic mass is 16.3. The topological polar surface area (TPSA) is 50.9 Å². The van der Waals surface area contributed by atoms with Crippen molar-refractivity contribution in [3.63, 3.8) is 0 Å². The molecule has 0 atom stereocenters. The Bertz CT molecular complexity index is 451. The Morgan fingerprint density at radius 3 is 3.00 bits per heavy atom. The third kappa shape index (κ3) is 2.22. The molecule has 0 aliphatic heterocycles. The van der Waals surface area contributed by atoms with Gasteiger partial charge in [-0.3, -0.25) is 0 Å². The van der Waals surface area contributed by atoms with E-state index in [1.165, 1.54) is 5.56 Å². The molecule has 2 aromatic rings. The summed E-state index contributed by atoms with van der Waals surface area (Å²) in [6.07, 6.45) is 1.84. The molecule has 0 aliphatic carbocycles. The van der Waals surface area contributed by atoms with Crippen LogP contribution in [0.15, 0.2) is 30.5 Å². The number of benzene rings is 1. The second-order valence-electron chi connectivity index (χ2n) is 3.46. The largest absolute Gasteiger partial charge is 0.394 e. The highest BCUT2D eigenvalue weighted by Crippen LogP contribution is 2.16. The minimum absolute atomic E-state index is 0.0800. The maximum absolute atomic E-state index is 8.76. The second kappa shape index (κ2) is 4.23. The zero-order valence-corrected chi connectivity index (χ0v) is 8.59. The molecule has 1 N–H and O–H groups in total. The van der Waals surface area contributed by atoms with E-state index in [-0.39, 0.29) is 6.61 Å². The second-order valence-corrected chi connectivity index (χ2v) is 3.46. The summed E-state index contributed by atoms with van der Waals surface area (Å²) in [4.78, 5) is 0. The number of aliphatic hydroxyl groups excluding tert-OH is 1. The van der Waals surface area contributed by atoms with Crippen LogP contribution in [0, 0.1) is 6.92 Å². The van der Waals surface area contributed by atoms with Crippen molar-refractivity contribution < 1.29 is 5.11 Å². The Hall–Kier alpha value is -1.68. The number of aryl methyl sites for hydroxylation is 1. The first-order valence-corrected chi connectivity index (χ1v) is 4.87. The van der Waals surface area contributed by atoms with Crippen molar-refractivity contribution in [1.29, 1.82) is 0 Å². The molecule has 0 aliphatic rings. The van der Waals surface area contributed by atoms with Gasteiger partial charge < -0.3 is 5.11 Å². The van der Waals surface area contributed by atoms with Crippen LogP contribution in [0.1, 0.15) is 5.56 Å². The Kier molecular flexibility index (Phi) is 2.78. The smallest absolute Gasteiger partial charge is 0.113 e. The average molecular weight is 203 g/mol. The van der Waals surface area contributed by atoms with Gasteiger partial charge in [0.2, 0.25) is 0 Å². The highest BCUT2D eigenvalue weighted by Gasteiger charge is 2.02. The number of nitrogens with zero attached hydrogens (tertiary/aromatic N) is 3. The van der Waals surface area contributed by atoms with Crippen LogP contribution in [0.5, 0.6) is 0 Å². The van der Waals surface area contributed by atoms with Crippen molar-refractivity contribution in [3.8, 4) is 11.3 Å². The third-order valence-electron chi connectivity index (χ3n) is 2.18. The number of hydrogen-bond donors (Lipinski definition) is 1. The Morgan fingerprint density at radius 2 is 2.27 bits per heavy atom. The third-order valence-corrected chi connectivity index (χ3v) is 2.18. The van der Waals surface area contributed by atoms with Gasteiger partial charge in [0.1, 0.15) is 5.69 Å². The van der Waals surface area contributed by atoms with E-state index in [0.29, 0.717) is 6.54 Å². The van der Waals surface area contributed by atoms with Crippen LogP contribution < -0.4 is 0 Å². The van der Waals surface area contributed by atoms with Crippen LogP contribution in [0.2, 0.25) is 0 Å². The van der Waals surface area contributed by atoms with E-state index in [9.17, 15) is 0 Å². The molecule has 0 bridgehead atoms. The molecule has 0 saturated heterocycles. The van der Waals surface area contributed by atoms with Crippen LogP contribution in [0.25, 0.3) is 11.3 Å². The lowest BCUT2D eigenvalue weighted by molar-refractivity contribution is 0.268. The van der Waals surface area contributed by atoms with Crippen LogP contribution in [0.4, 0.5) is 0 Å². The molecule has 1 heterocycles. The standard InChI is InChI=1S/C11H13N3O/c1-9-3-2-4-10(7-9)11-8-14(5-6-15)13-12-11/h2-4,7-8,15H,5-6H2,1H3. The van der Waals surface area contributed by atoms with Gasteiger partial charge in [0.15, 0.2) is 0 Å². The van der Waals surface area contributed by atoms with Gasteiger partial charge in [0.25, 0.3) is 0 Å². The molecular weight excluding hydrogens is 190 g/mol. The SMILES string of the molecule is Cc1cccc(-c2cn(CCO)nn2)c1. The number of aromatic nitrogens is 3. The van der Waals surface area contributed by atoms with Crippen molar-refractivity contribution in [3.05, 3.63) is 36.0 Å². The van der Waals surface area contributed by atoms with Gasteiger partial charge in [-0.05, 0) is 13.0 Å². The molecule has 78 valence electrons. The van der Waals surface area contributed by atoms with E-state index in [2.05, 4.69) is 16.4 Å². The molecule has 1 aromatic heterocycles. The van der Waals surface area contributed by atoms with Crippen LogP contribution in [-0.2, 0) is 6.54 Å². The summed E-state index contributed by atoms with van der Waals surface area (Å²) in [6, 6.07) is 8.10. The van der Waals surface area contributed by atoms with Gasteiger partial charge in [-0.2, -0.15) is 0 Å². The predicted molar refractivity (Wildman–Crippen MR) is 57.3 cm³/mol. The lowest BCUT2D eigenvalue weighted by Gasteiger charge is -1.96. The van der Waals surface area contributed by atoms with Gasteiger partial charge in [-0.1, -0.05) is 29.0 Å². The molecule has 0 radical (unpaired) electrons. The minimum Gasteiger partial charge on any atom is -0.394 e. The van der Waals surface area contributed by atoms with E-state index in [4.69, 9.17) is 5.11 Å². The molecule has 4 nitrogen and oxygen atoms in total. The number of hydrogen-bond acceptors (Lipinski definition) is 3. The Morgan fingerprint density at radius 1 is 1.40 bits per heavy atom. The van der Waals surface area contributed by atoms with Crippen LogP contribution in [-0.4, -0.2) is 26.7 Å². The highest BCUT2D eigenvalue weighted by molar-refractivity contribution is 5.58. The van der Waals surface area contributed by atoms with Gasteiger partial charge in [-0.25, -0.2) is 4.68 Å². The van der Waals surface area contributed by atoms with Crippen molar-refractivity contribution in [2.45, 2.75) is 13.5 Å². The first-order valence-electron chi connectivity index (χ1n) is 4.87. The van der Waals surface area contributed by atoms with Crippen LogP contribution in [0.3, 0.4) is 0 Å². The van der Waals surface area contributed by atoms with E-state index >= 15 is 0 Å². The maximum Gasteiger partial charge on any atom is 0.113 e. The monoisotopic (exact) mass is 203 g/mol. The van der Waals surface area contributed by atoms with E-state index in [0.717, 1.165) is 11.3 Å². The fourth-order valence-corrected chi connectivity index (χ4v) is 1.45. The lowest BCUT2D eigenvalue weighted by atomic mass is 10.1. The summed E-state index contributed by atoms with van der Waals surface area (Å²) in [6.45, 7) is 2.61. The molecule has 0 amide bonds. The lowest BCUT2D eigenvalue weighted by Crippen LogP contribution is -2.01. The molecule has 0 spiro atoms. The van der Waals surface area contributed by atoms with E-state index in [1.807, 2.05) is 31.3 Å². The molecule has 0 saturated carbocycles. The fourth-order valence-electron chi connectivity index (χ4n) is 1.45. The first-order chi connectivity index (χ1) is 7.29. The van der Waals surface area contributed by atoms with E-state index < -0.39 is 0 Å². The molecule has 4 heteroatoms. The summed E-state index contributed by atoms with van der Waals surface area (Å²) in [7, 11) is 0. The molecule has 0 unspecified atom stereocenters. The van der Waals surface area contributed by atoms with Crippen molar-refractivity contribution in [1.82, 2.24) is 15.0 Å². The van der Waals surface area contributed by atoms with Crippen molar-refractivity contribution in [2.24, 2.45) is 0 Å². The van der Waals surface area contributed by atoms with Gasteiger partial charge in [0.05, 0.1) is 19.3 Å².